The van der Waals surface area contributed by atoms with Crippen molar-refractivity contribution in [2.24, 2.45) is 10.2 Å². The van der Waals surface area contributed by atoms with E-state index in [2.05, 4.69) is 15.2 Å². The first kappa shape index (κ1) is 13.0. The molecule has 0 aliphatic carbocycles. The van der Waals surface area contributed by atoms with Gasteiger partial charge < -0.3 is 9.52 Å². The highest BCUT2D eigenvalue weighted by atomic mass is 32.1. The second-order valence-electron chi connectivity index (χ2n) is 4.87. The molecule has 0 saturated carbocycles. The number of rotatable bonds is 2. The minimum absolute atomic E-state index is 0.218. The smallest absolute Gasteiger partial charge is 0.341 e. The Kier molecular flexibility index (Phi) is 2.90. The van der Waals surface area contributed by atoms with Gasteiger partial charge in [0.05, 0.1) is 4.70 Å². The fourth-order valence-corrected chi connectivity index (χ4v) is 3.28. The van der Waals surface area contributed by atoms with Crippen LogP contribution in [0.15, 0.2) is 57.1 Å². The summed E-state index contributed by atoms with van der Waals surface area (Å²) >= 11 is 1.57. The normalized spacial score (nSPS) is 11.9. The number of hydrogen-bond donors (Lipinski definition) is 1. The van der Waals surface area contributed by atoms with Crippen LogP contribution in [0.5, 0.6) is 5.75 Å². The molecule has 2 aromatic heterocycles. The van der Waals surface area contributed by atoms with E-state index in [1.165, 1.54) is 0 Å². The Morgan fingerprint density at radius 2 is 2.00 bits per heavy atom. The summed E-state index contributed by atoms with van der Waals surface area (Å²) in [5.41, 5.74) is 2.12. The summed E-state index contributed by atoms with van der Waals surface area (Å²) in [5.74, 6) is 0.250. The van der Waals surface area contributed by atoms with Crippen molar-refractivity contribution >= 4 is 44.2 Å². The van der Waals surface area contributed by atoms with Crippen molar-refractivity contribution in [3.05, 3.63) is 47.3 Å². The van der Waals surface area contributed by atoms with Crippen molar-refractivity contribution in [2.45, 2.75) is 6.92 Å². The van der Waals surface area contributed by atoms with Crippen LogP contribution in [0.2, 0.25) is 0 Å². The van der Waals surface area contributed by atoms with Gasteiger partial charge in [-0.1, -0.05) is 17.2 Å². The number of oxazole rings is 1. The number of aromatic nitrogens is 1. The van der Waals surface area contributed by atoms with Crippen LogP contribution in [0, 0.1) is 6.92 Å². The zero-order chi connectivity index (χ0) is 15.1. The predicted molar refractivity (Wildman–Crippen MR) is 86.4 cm³/mol. The third-order valence-corrected chi connectivity index (χ3v) is 4.36. The number of aromatic hydroxyl groups is 1. The van der Waals surface area contributed by atoms with Gasteiger partial charge in [-0.15, -0.1) is 16.5 Å². The summed E-state index contributed by atoms with van der Waals surface area (Å²) in [6.07, 6.45) is 0. The Morgan fingerprint density at radius 3 is 2.86 bits per heavy atom. The Balaban J connectivity index is 1.78. The lowest BCUT2D eigenvalue weighted by molar-refractivity contribution is 0.482. The fraction of sp³-hybridized carbons (Fsp3) is 0.0625. The van der Waals surface area contributed by atoms with Gasteiger partial charge in [0, 0.05) is 10.3 Å². The van der Waals surface area contributed by atoms with Crippen LogP contribution in [0.25, 0.3) is 21.2 Å². The maximum absolute atomic E-state index is 9.89. The van der Waals surface area contributed by atoms with Gasteiger partial charge >= 0.3 is 6.01 Å². The molecule has 5 nitrogen and oxygen atoms in total. The van der Waals surface area contributed by atoms with Crippen LogP contribution in [-0.2, 0) is 0 Å². The molecule has 0 unspecified atom stereocenters. The average Bonchev–Trinajstić information content (AvgIpc) is 3.09. The topological polar surface area (TPSA) is 71.0 Å². The summed E-state index contributed by atoms with van der Waals surface area (Å²) in [7, 11) is 0. The molecule has 0 fully saturated rings. The summed E-state index contributed by atoms with van der Waals surface area (Å²) in [5, 5.41) is 19.0. The van der Waals surface area contributed by atoms with Gasteiger partial charge in [0.25, 0.3) is 0 Å². The molecule has 2 aromatic carbocycles. The lowest BCUT2D eigenvalue weighted by Gasteiger charge is -1.97. The monoisotopic (exact) mass is 309 g/mol. The number of hydrogen-bond acceptors (Lipinski definition) is 6. The Morgan fingerprint density at radius 1 is 1.14 bits per heavy atom. The van der Waals surface area contributed by atoms with E-state index in [-0.39, 0.29) is 11.8 Å². The third-order valence-electron chi connectivity index (χ3n) is 3.29. The highest BCUT2D eigenvalue weighted by Gasteiger charge is 2.09. The number of nitrogens with zero attached hydrogens (tertiary/aromatic N) is 3. The molecule has 0 amide bonds. The van der Waals surface area contributed by atoms with E-state index < -0.39 is 0 Å². The quantitative estimate of drug-likeness (QED) is 0.499. The number of azo groups is 1. The lowest BCUT2D eigenvalue weighted by atomic mass is 10.2. The largest absolute Gasteiger partial charge is 0.507 e. The van der Waals surface area contributed by atoms with E-state index in [1.807, 2.05) is 37.3 Å². The van der Waals surface area contributed by atoms with Crippen LogP contribution in [0.1, 0.15) is 4.88 Å². The van der Waals surface area contributed by atoms with E-state index in [0.717, 1.165) is 20.5 Å². The maximum Gasteiger partial charge on any atom is 0.341 e. The molecular formula is C16H11N3O2S. The molecule has 0 atom stereocenters. The zero-order valence-corrected chi connectivity index (χ0v) is 12.5. The molecule has 4 aromatic rings. The fourth-order valence-electron chi connectivity index (χ4n) is 2.30. The molecule has 1 N–H and O–H groups in total. The van der Waals surface area contributed by atoms with Crippen molar-refractivity contribution in [3.63, 3.8) is 0 Å². The number of phenols is 1. The Hall–Kier alpha value is -2.73. The molecule has 0 radical (unpaired) electrons. The molecule has 0 saturated heterocycles. The molecule has 4 rings (SSSR count). The van der Waals surface area contributed by atoms with Gasteiger partial charge in [-0.3, -0.25) is 0 Å². The van der Waals surface area contributed by atoms with Crippen molar-refractivity contribution in [3.8, 4) is 5.75 Å². The molecule has 0 spiro atoms. The Labute approximate surface area is 129 Å². The van der Waals surface area contributed by atoms with Gasteiger partial charge in [-0.2, -0.15) is 4.98 Å². The second-order valence-corrected chi connectivity index (χ2v) is 6.12. The SMILES string of the molecule is Cc1cc2c(O)ccc(/N=N/c3nc4ccccc4o3)c2s1. The lowest BCUT2D eigenvalue weighted by Crippen LogP contribution is -1.68. The van der Waals surface area contributed by atoms with Gasteiger partial charge in [-0.05, 0) is 37.3 Å². The van der Waals surface area contributed by atoms with E-state index in [4.69, 9.17) is 4.42 Å². The van der Waals surface area contributed by atoms with Gasteiger partial charge in [0.1, 0.15) is 17.0 Å². The number of aryl methyl sites for hydroxylation is 1. The minimum atomic E-state index is 0.218. The number of fused-ring (bicyclic) bond motifs is 2. The zero-order valence-electron chi connectivity index (χ0n) is 11.6. The second kappa shape index (κ2) is 4.92. The van der Waals surface area contributed by atoms with Crippen LogP contribution < -0.4 is 0 Å². The number of thiophene rings is 1. The van der Waals surface area contributed by atoms with Crippen molar-refractivity contribution in [2.75, 3.05) is 0 Å². The number of benzene rings is 2. The molecular weight excluding hydrogens is 298 g/mol. The minimum Gasteiger partial charge on any atom is -0.507 e. The van der Waals surface area contributed by atoms with Crippen LogP contribution in [0.3, 0.4) is 0 Å². The standard InChI is InChI=1S/C16H11N3O2S/c1-9-8-10-13(20)7-6-12(15(10)22-9)18-19-16-17-11-4-2-3-5-14(11)21-16/h2-8,20H,1H3/b19-18+. The summed E-state index contributed by atoms with van der Waals surface area (Å²) in [6, 6.07) is 13.0. The van der Waals surface area contributed by atoms with E-state index in [0.29, 0.717) is 11.3 Å². The highest BCUT2D eigenvalue weighted by Crippen LogP contribution is 2.39. The van der Waals surface area contributed by atoms with Crippen molar-refractivity contribution in [1.29, 1.82) is 0 Å². The molecule has 6 heteroatoms. The molecule has 0 bridgehead atoms. The van der Waals surface area contributed by atoms with Crippen LogP contribution >= 0.6 is 11.3 Å². The van der Waals surface area contributed by atoms with Gasteiger partial charge in [0.15, 0.2) is 5.58 Å². The Bertz CT molecular complexity index is 984. The number of para-hydroxylation sites is 2. The van der Waals surface area contributed by atoms with Gasteiger partial charge in [-0.25, -0.2) is 0 Å². The van der Waals surface area contributed by atoms with Crippen LogP contribution in [-0.4, -0.2) is 10.1 Å². The van der Waals surface area contributed by atoms with E-state index >= 15 is 0 Å². The van der Waals surface area contributed by atoms with Crippen molar-refractivity contribution in [1.82, 2.24) is 4.98 Å². The van der Waals surface area contributed by atoms with Crippen LogP contribution in [0.4, 0.5) is 11.7 Å². The molecule has 0 aliphatic rings. The summed E-state index contributed by atoms with van der Waals surface area (Å²) in [6.45, 7) is 1.99. The number of phenolic OH excluding ortho intramolecular Hbond substituents is 1. The first-order chi connectivity index (χ1) is 10.7. The molecule has 22 heavy (non-hydrogen) atoms. The van der Waals surface area contributed by atoms with Gasteiger partial charge in [0.2, 0.25) is 0 Å². The van der Waals surface area contributed by atoms with E-state index in [9.17, 15) is 5.11 Å². The van der Waals surface area contributed by atoms with E-state index in [1.54, 1.807) is 23.5 Å². The molecule has 108 valence electrons. The summed E-state index contributed by atoms with van der Waals surface area (Å²) in [4.78, 5) is 5.36. The first-order valence-electron chi connectivity index (χ1n) is 6.70. The molecule has 2 heterocycles. The average molecular weight is 309 g/mol. The molecule has 0 aliphatic heterocycles. The third kappa shape index (κ3) is 2.14. The summed E-state index contributed by atoms with van der Waals surface area (Å²) < 4.78 is 6.41. The maximum atomic E-state index is 9.89. The first-order valence-corrected chi connectivity index (χ1v) is 7.52. The van der Waals surface area contributed by atoms with Crippen molar-refractivity contribution < 1.29 is 9.52 Å². The predicted octanol–water partition coefficient (Wildman–Crippen LogP) is 5.47. The highest BCUT2D eigenvalue weighted by molar-refractivity contribution is 7.19.